The van der Waals surface area contributed by atoms with Gasteiger partial charge in [0.1, 0.15) is 0 Å². The zero-order valence-corrected chi connectivity index (χ0v) is 15.2. The van der Waals surface area contributed by atoms with Crippen LogP contribution in [0.2, 0.25) is 0 Å². The molecule has 0 N–H and O–H groups in total. The second-order valence-electron chi connectivity index (χ2n) is 5.28. The quantitative estimate of drug-likeness (QED) is 0.266. The lowest BCUT2D eigenvalue weighted by atomic mass is 9.97. The molecule has 142 valence electrons. The van der Waals surface area contributed by atoms with Crippen molar-refractivity contribution in [2.75, 3.05) is 13.2 Å². The standard InChI is InChI=1S/C18H16N6O4/c1-3-27-17(25)11-5-7-15(21-23-19)13(9-11)14-10-12(18(26)28-4-2)6-8-16(14)22-24-20/h5-10H,3-4H2,1-2H3. The fourth-order valence-corrected chi connectivity index (χ4v) is 2.46. The van der Waals surface area contributed by atoms with Crippen molar-refractivity contribution in [2.45, 2.75) is 13.8 Å². The smallest absolute Gasteiger partial charge is 0.338 e. The third kappa shape index (κ3) is 4.59. The van der Waals surface area contributed by atoms with E-state index >= 15 is 0 Å². The molecule has 10 heteroatoms. The van der Waals surface area contributed by atoms with Gasteiger partial charge in [-0.25, -0.2) is 9.59 Å². The SMILES string of the molecule is CCOC(=O)c1ccc(N=[N+]=[N-])c(-c2cc(C(=O)OCC)ccc2N=[N+]=[N-])c1. The van der Waals surface area contributed by atoms with Gasteiger partial charge in [-0.15, -0.1) is 0 Å². The Balaban J connectivity index is 2.74. The molecule has 0 unspecified atom stereocenters. The summed E-state index contributed by atoms with van der Waals surface area (Å²) in [5.74, 6) is -1.13. The molecule has 0 saturated carbocycles. The fourth-order valence-electron chi connectivity index (χ4n) is 2.46. The Hall–Kier alpha value is -4.00. The molecule has 0 radical (unpaired) electrons. The molecule has 0 fully saturated rings. The first-order chi connectivity index (χ1) is 13.5. The molecule has 0 aliphatic carbocycles. The number of nitrogens with zero attached hydrogens (tertiary/aromatic N) is 6. The van der Waals surface area contributed by atoms with E-state index < -0.39 is 11.9 Å². The van der Waals surface area contributed by atoms with Crippen LogP contribution in [0.5, 0.6) is 0 Å². The zero-order chi connectivity index (χ0) is 20.5. The maximum absolute atomic E-state index is 12.1. The van der Waals surface area contributed by atoms with Crippen LogP contribution in [0.15, 0.2) is 46.6 Å². The van der Waals surface area contributed by atoms with Gasteiger partial charge in [-0.1, -0.05) is 22.4 Å². The molecule has 0 aromatic heterocycles. The van der Waals surface area contributed by atoms with Crippen molar-refractivity contribution >= 4 is 23.3 Å². The Morgan fingerprint density at radius 1 is 0.821 bits per heavy atom. The predicted octanol–water partition coefficient (Wildman–Crippen LogP) is 5.59. The largest absolute Gasteiger partial charge is 0.462 e. The first-order valence-corrected chi connectivity index (χ1v) is 8.28. The average molecular weight is 380 g/mol. The van der Waals surface area contributed by atoms with E-state index in [1.54, 1.807) is 13.8 Å². The van der Waals surface area contributed by atoms with Crippen LogP contribution in [0.4, 0.5) is 11.4 Å². The summed E-state index contributed by atoms with van der Waals surface area (Å²) in [6, 6.07) is 8.68. The summed E-state index contributed by atoms with van der Waals surface area (Å²) < 4.78 is 9.98. The van der Waals surface area contributed by atoms with Gasteiger partial charge in [-0.2, -0.15) is 0 Å². The van der Waals surface area contributed by atoms with Gasteiger partial charge in [0.25, 0.3) is 0 Å². The van der Waals surface area contributed by atoms with Gasteiger partial charge in [-0.3, -0.25) is 0 Å². The lowest BCUT2D eigenvalue weighted by molar-refractivity contribution is 0.0516. The molecule has 0 saturated heterocycles. The highest BCUT2D eigenvalue weighted by Gasteiger charge is 2.16. The summed E-state index contributed by atoms with van der Waals surface area (Å²) in [4.78, 5) is 29.7. The van der Waals surface area contributed by atoms with Gasteiger partial charge in [0.15, 0.2) is 0 Å². The Labute approximate surface area is 159 Å². The highest BCUT2D eigenvalue weighted by molar-refractivity contribution is 5.97. The molecule has 0 heterocycles. The van der Waals surface area contributed by atoms with E-state index in [2.05, 4.69) is 20.1 Å². The lowest BCUT2D eigenvalue weighted by Crippen LogP contribution is -2.05. The molecule has 0 atom stereocenters. The summed E-state index contributed by atoms with van der Waals surface area (Å²) in [5, 5.41) is 7.24. The van der Waals surface area contributed by atoms with Crippen LogP contribution >= 0.6 is 0 Å². The van der Waals surface area contributed by atoms with Gasteiger partial charge >= 0.3 is 11.9 Å². The molecular formula is C18H16N6O4. The van der Waals surface area contributed by atoms with Gasteiger partial charge in [-0.05, 0) is 60.3 Å². The topological polar surface area (TPSA) is 150 Å². The highest BCUT2D eigenvalue weighted by Crippen LogP contribution is 2.38. The molecule has 2 aromatic carbocycles. The number of carbonyl (C=O) groups is 2. The summed E-state index contributed by atoms with van der Waals surface area (Å²) in [5.41, 5.74) is 19.1. The highest BCUT2D eigenvalue weighted by atomic mass is 16.5. The first kappa shape index (κ1) is 20.3. The van der Waals surface area contributed by atoms with E-state index in [1.807, 2.05) is 0 Å². The van der Waals surface area contributed by atoms with Gasteiger partial charge in [0, 0.05) is 21.2 Å². The summed E-state index contributed by atoms with van der Waals surface area (Å²) in [6.45, 7) is 3.73. The molecule has 10 nitrogen and oxygen atoms in total. The number of ether oxygens (including phenoxy) is 2. The zero-order valence-electron chi connectivity index (χ0n) is 15.2. The second-order valence-corrected chi connectivity index (χ2v) is 5.28. The Morgan fingerprint density at radius 3 is 1.54 bits per heavy atom. The van der Waals surface area contributed by atoms with Crippen LogP contribution in [0.1, 0.15) is 34.6 Å². The summed E-state index contributed by atoms with van der Waals surface area (Å²) >= 11 is 0. The Morgan fingerprint density at radius 2 is 1.21 bits per heavy atom. The van der Waals surface area contributed by atoms with Crippen molar-refractivity contribution in [3.8, 4) is 11.1 Å². The van der Waals surface area contributed by atoms with Gasteiger partial charge < -0.3 is 9.47 Å². The molecule has 0 aliphatic heterocycles. The minimum atomic E-state index is -0.567. The van der Waals surface area contributed by atoms with E-state index in [-0.39, 0.29) is 35.7 Å². The number of rotatable bonds is 7. The second kappa shape index (κ2) is 9.63. The lowest BCUT2D eigenvalue weighted by Gasteiger charge is -2.12. The monoisotopic (exact) mass is 380 g/mol. The van der Waals surface area contributed by atoms with Crippen LogP contribution in [0, 0.1) is 0 Å². The Kier molecular flexibility index (Phi) is 6.99. The molecule has 2 aromatic rings. The summed E-state index contributed by atoms with van der Waals surface area (Å²) in [7, 11) is 0. The van der Waals surface area contributed by atoms with E-state index in [1.165, 1.54) is 36.4 Å². The number of esters is 2. The molecule has 0 aliphatic rings. The van der Waals surface area contributed by atoms with E-state index in [4.69, 9.17) is 20.5 Å². The minimum absolute atomic E-state index is 0.186. The third-order valence-electron chi connectivity index (χ3n) is 3.61. The van der Waals surface area contributed by atoms with Crippen molar-refractivity contribution in [3.63, 3.8) is 0 Å². The maximum Gasteiger partial charge on any atom is 0.338 e. The molecule has 28 heavy (non-hydrogen) atoms. The van der Waals surface area contributed by atoms with Crippen molar-refractivity contribution in [1.82, 2.24) is 0 Å². The van der Waals surface area contributed by atoms with Crippen molar-refractivity contribution < 1.29 is 19.1 Å². The first-order valence-electron chi connectivity index (χ1n) is 8.28. The predicted molar refractivity (Wildman–Crippen MR) is 101 cm³/mol. The number of benzene rings is 2. The molecule has 0 amide bonds. The van der Waals surface area contributed by atoms with Crippen molar-refractivity contribution in [2.24, 2.45) is 10.2 Å². The van der Waals surface area contributed by atoms with Crippen LogP contribution in [0.25, 0.3) is 32.0 Å². The van der Waals surface area contributed by atoms with Crippen LogP contribution in [0.3, 0.4) is 0 Å². The molecule has 0 bridgehead atoms. The fraction of sp³-hybridized carbons (Fsp3) is 0.222. The summed E-state index contributed by atoms with van der Waals surface area (Å²) in [6.07, 6.45) is 0. The number of hydrogen-bond donors (Lipinski definition) is 0. The van der Waals surface area contributed by atoms with Crippen LogP contribution in [-0.4, -0.2) is 25.2 Å². The third-order valence-corrected chi connectivity index (χ3v) is 3.61. The van der Waals surface area contributed by atoms with Crippen molar-refractivity contribution in [1.29, 1.82) is 0 Å². The molecular weight excluding hydrogens is 364 g/mol. The Bertz CT molecular complexity index is 926. The normalized spacial score (nSPS) is 9.64. The minimum Gasteiger partial charge on any atom is -0.462 e. The maximum atomic E-state index is 12.1. The van der Waals surface area contributed by atoms with Crippen LogP contribution in [-0.2, 0) is 9.47 Å². The number of hydrogen-bond acceptors (Lipinski definition) is 6. The van der Waals surface area contributed by atoms with E-state index in [0.29, 0.717) is 11.1 Å². The number of carbonyl (C=O) groups excluding carboxylic acids is 2. The number of azide groups is 2. The van der Waals surface area contributed by atoms with E-state index in [0.717, 1.165) is 0 Å². The van der Waals surface area contributed by atoms with Gasteiger partial charge in [0.05, 0.1) is 24.3 Å². The average Bonchev–Trinajstić information content (AvgIpc) is 2.69. The van der Waals surface area contributed by atoms with Crippen LogP contribution < -0.4 is 0 Å². The van der Waals surface area contributed by atoms with E-state index in [9.17, 15) is 9.59 Å². The molecule has 2 rings (SSSR count). The van der Waals surface area contributed by atoms with Gasteiger partial charge in [0.2, 0.25) is 0 Å². The van der Waals surface area contributed by atoms with Crippen molar-refractivity contribution in [3.05, 3.63) is 68.4 Å². The molecule has 0 spiro atoms.